The van der Waals surface area contributed by atoms with E-state index in [1.165, 1.54) is 6.92 Å². The minimum atomic E-state index is -1.25. The average molecular weight is 156 g/mol. The van der Waals surface area contributed by atoms with Gasteiger partial charge in [0.25, 0.3) is 0 Å². The Bertz CT molecular complexity index is 128. The molecule has 0 aromatic rings. The summed E-state index contributed by atoms with van der Waals surface area (Å²) in [6.07, 6.45) is 0.0405. The van der Waals surface area contributed by atoms with Gasteiger partial charge in [0.2, 0.25) is 6.41 Å². The van der Waals surface area contributed by atoms with Crippen LogP contribution >= 0.6 is 0 Å². The van der Waals surface area contributed by atoms with Gasteiger partial charge in [-0.15, -0.1) is 0 Å². The summed E-state index contributed by atoms with van der Waals surface area (Å²) in [4.78, 5) is 19.6. The van der Waals surface area contributed by atoms with Gasteiger partial charge in [-0.25, -0.2) is 9.86 Å². The predicted octanol–water partition coefficient (Wildman–Crippen LogP) is -3.69. The maximum Gasteiger partial charge on any atom is 1.00 e. The molecule has 0 aliphatic carbocycles. The van der Waals surface area contributed by atoms with Crippen LogP contribution in [0.2, 0.25) is 0 Å². The summed E-state index contributed by atoms with van der Waals surface area (Å²) in [7, 11) is 0. The Morgan fingerprint density at radius 1 is 1.70 bits per heavy atom. The van der Waals surface area contributed by atoms with Gasteiger partial charge in [0.15, 0.2) is 6.04 Å². The van der Waals surface area contributed by atoms with E-state index in [0.29, 0.717) is 0 Å². The maximum absolute atomic E-state index is 9.94. The van der Waals surface area contributed by atoms with Crippen molar-refractivity contribution in [3.63, 3.8) is 0 Å². The van der Waals surface area contributed by atoms with Crippen molar-refractivity contribution < 1.29 is 49.5 Å². The van der Waals surface area contributed by atoms with Crippen molar-refractivity contribution in [3.05, 3.63) is 0 Å². The summed E-state index contributed by atoms with van der Waals surface area (Å²) in [5.41, 5.74) is 0. The molecule has 1 amide bonds. The van der Waals surface area contributed by atoms with E-state index >= 15 is 0 Å². The first kappa shape index (κ1) is 12.6. The summed E-state index contributed by atoms with van der Waals surface area (Å²) in [5.74, 6) is -1.25. The Balaban J connectivity index is 0. The molecule has 6 heteroatoms. The van der Waals surface area contributed by atoms with Crippen molar-refractivity contribution in [1.82, 2.24) is 5.06 Å². The number of hydrogen-bond donors (Lipinski definition) is 2. The van der Waals surface area contributed by atoms with Gasteiger partial charge in [-0.1, -0.05) is 0 Å². The van der Waals surface area contributed by atoms with Crippen LogP contribution in [-0.2, 0) is 9.59 Å². The van der Waals surface area contributed by atoms with E-state index in [0.717, 1.165) is 0 Å². The zero-order chi connectivity index (χ0) is 7.44. The molecule has 0 radical (unpaired) electrons. The number of hydroxylamine groups is 2. The van der Waals surface area contributed by atoms with E-state index in [1.54, 1.807) is 0 Å². The maximum atomic E-state index is 9.94. The Hall–Kier alpha value is -0.100. The first-order chi connectivity index (χ1) is 4.09. The first-order valence-corrected chi connectivity index (χ1v) is 2.25. The number of carbonyl (C=O) groups is 2. The smallest absolute Gasteiger partial charge is 0.480 e. The zero-order valence-corrected chi connectivity index (χ0v) is 7.81. The van der Waals surface area contributed by atoms with E-state index in [4.69, 9.17) is 10.3 Å². The number of carboxylic acids is 1. The number of rotatable bonds is 3. The molecule has 0 fully saturated rings. The molecule has 0 aliphatic heterocycles. The second-order valence-corrected chi connectivity index (χ2v) is 1.50. The summed E-state index contributed by atoms with van der Waals surface area (Å²) in [5, 5.41) is 16.6. The molecule has 0 saturated heterocycles. The van der Waals surface area contributed by atoms with Crippen LogP contribution in [0.3, 0.4) is 0 Å². The van der Waals surface area contributed by atoms with Crippen LogP contribution in [0.4, 0.5) is 0 Å². The minimum absolute atomic E-state index is 0. The fraction of sp³-hybridized carbons (Fsp3) is 0.500. The molecule has 0 aromatic carbocycles. The zero-order valence-electron chi connectivity index (χ0n) is 5.81. The second-order valence-electron chi connectivity index (χ2n) is 1.50. The number of aliphatic carboxylic acids is 1. The standard InChI is InChI=1S/C4H7NO4.Na/c1-3(4(7)8)5(9)2-6;/h2-3,9H,1H3,(H,7,8);/q;+1. The van der Waals surface area contributed by atoms with Crippen molar-refractivity contribution in [2.24, 2.45) is 0 Å². The summed E-state index contributed by atoms with van der Waals surface area (Å²) in [6, 6.07) is -1.18. The number of nitrogens with zero attached hydrogens (tertiary/aromatic N) is 1. The fourth-order valence-corrected chi connectivity index (χ4v) is 0.204. The molecule has 0 rings (SSSR count). The van der Waals surface area contributed by atoms with E-state index in [9.17, 15) is 9.59 Å². The van der Waals surface area contributed by atoms with Gasteiger partial charge in [-0.3, -0.25) is 10.0 Å². The number of amides is 1. The van der Waals surface area contributed by atoms with E-state index < -0.39 is 12.0 Å². The van der Waals surface area contributed by atoms with Crippen LogP contribution in [0, 0.1) is 0 Å². The SMILES string of the molecule is CC(C(=O)O)N(O)C=O.[Na+]. The van der Waals surface area contributed by atoms with Gasteiger partial charge in [0.1, 0.15) is 0 Å². The van der Waals surface area contributed by atoms with Crippen molar-refractivity contribution >= 4 is 12.4 Å². The number of hydrogen-bond acceptors (Lipinski definition) is 3. The molecule has 0 saturated carbocycles. The third-order valence-corrected chi connectivity index (χ3v) is 0.862. The number of carbonyl (C=O) groups excluding carboxylic acids is 1. The Morgan fingerprint density at radius 3 is 2.20 bits per heavy atom. The Kier molecular flexibility index (Phi) is 7.12. The topological polar surface area (TPSA) is 77.8 Å². The summed E-state index contributed by atoms with van der Waals surface area (Å²) in [6.45, 7) is 1.19. The van der Waals surface area contributed by atoms with E-state index in [2.05, 4.69) is 0 Å². The van der Waals surface area contributed by atoms with E-state index in [1.807, 2.05) is 0 Å². The van der Waals surface area contributed by atoms with Gasteiger partial charge in [-0.2, -0.15) is 0 Å². The van der Waals surface area contributed by atoms with Crippen LogP contribution < -0.4 is 29.6 Å². The molecule has 2 N–H and O–H groups in total. The molecule has 0 heterocycles. The van der Waals surface area contributed by atoms with Crippen molar-refractivity contribution in [3.8, 4) is 0 Å². The van der Waals surface area contributed by atoms with Gasteiger partial charge < -0.3 is 5.11 Å². The van der Waals surface area contributed by atoms with Crippen LogP contribution in [-0.4, -0.2) is 33.8 Å². The van der Waals surface area contributed by atoms with Crippen LogP contribution in [0.1, 0.15) is 6.92 Å². The minimum Gasteiger partial charge on any atom is -0.480 e. The van der Waals surface area contributed by atoms with Gasteiger partial charge in [-0.05, 0) is 6.92 Å². The Morgan fingerprint density at radius 2 is 2.10 bits per heavy atom. The van der Waals surface area contributed by atoms with Crippen molar-refractivity contribution in [2.45, 2.75) is 13.0 Å². The van der Waals surface area contributed by atoms with E-state index in [-0.39, 0.29) is 41.0 Å². The average Bonchev–Trinajstić information content (AvgIpc) is 1.84. The van der Waals surface area contributed by atoms with Crippen LogP contribution in [0.15, 0.2) is 0 Å². The van der Waals surface area contributed by atoms with Gasteiger partial charge in [0, 0.05) is 0 Å². The van der Waals surface area contributed by atoms with Crippen molar-refractivity contribution in [2.75, 3.05) is 0 Å². The van der Waals surface area contributed by atoms with Gasteiger partial charge in [0.05, 0.1) is 0 Å². The first-order valence-electron chi connectivity index (χ1n) is 2.25. The molecule has 0 aliphatic rings. The molecule has 52 valence electrons. The largest absolute Gasteiger partial charge is 1.00 e. The summed E-state index contributed by atoms with van der Waals surface area (Å²) >= 11 is 0. The molecule has 0 bridgehead atoms. The van der Waals surface area contributed by atoms with Crippen molar-refractivity contribution in [1.29, 1.82) is 0 Å². The normalized spacial score (nSPS) is 11.0. The molecule has 0 aromatic heterocycles. The molecule has 1 unspecified atom stereocenters. The number of carboxylic acid groups (broad SMARTS) is 1. The third kappa shape index (κ3) is 3.84. The van der Waals surface area contributed by atoms with Gasteiger partial charge >= 0.3 is 35.5 Å². The molecular formula is C4H7NNaO4+. The van der Waals surface area contributed by atoms with Crippen LogP contribution in [0.25, 0.3) is 0 Å². The molecule has 5 nitrogen and oxygen atoms in total. The molecule has 10 heavy (non-hydrogen) atoms. The quantitative estimate of drug-likeness (QED) is 0.191. The molecule has 1 atom stereocenters. The molecule has 0 spiro atoms. The second kappa shape index (κ2) is 5.67. The third-order valence-electron chi connectivity index (χ3n) is 0.862. The molecular weight excluding hydrogens is 149 g/mol. The van der Waals surface area contributed by atoms with Crippen LogP contribution in [0.5, 0.6) is 0 Å². The monoisotopic (exact) mass is 156 g/mol. The Labute approximate surface area is 79.9 Å². The summed E-state index contributed by atoms with van der Waals surface area (Å²) < 4.78 is 0. The fourth-order valence-electron chi connectivity index (χ4n) is 0.204. The predicted molar refractivity (Wildman–Crippen MR) is 26.8 cm³/mol.